The largest absolute Gasteiger partial charge is 0.318 e. The molecule has 0 unspecified atom stereocenters. The molecule has 0 aliphatic carbocycles. The predicted molar refractivity (Wildman–Crippen MR) is 52.4 cm³/mol. The SMILES string of the molecule is CNCCN1C[C@@H](C)N[C@@H](C)C1. The van der Waals surface area contributed by atoms with Gasteiger partial charge in [0.05, 0.1) is 0 Å². The average molecular weight is 171 g/mol. The van der Waals surface area contributed by atoms with Crippen LogP contribution in [0.3, 0.4) is 0 Å². The molecule has 0 aromatic heterocycles. The molecule has 3 nitrogen and oxygen atoms in total. The van der Waals surface area contributed by atoms with E-state index in [0.717, 1.165) is 6.54 Å². The van der Waals surface area contributed by atoms with Crippen molar-refractivity contribution in [3.05, 3.63) is 0 Å². The Morgan fingerprint density at radius 3 is 2.42 bits per heavy atom. The van der Waals surface area contributed by atoms with E-state index >= 15 is 0 Å². The van der Waals surface area contributed by atoms with Crippen LogP contribution in [-0.4, -0.2) is 50.2 Å². The van der Waals surface area contributed by atoms with Crippen molar-refractivity contribution in [2.24, 2.45) is 0 Å². The summed E-state index contributed by atoms with van der Waals surface area (Å²) in [7, 11) is 2.01. The van der Waals surface area contributed by atoms with Crippen molar-refractivity contribution < 1.29 is 0 Å². The Bertz CT molecular complexity index is 117. The van der Waals surface area contributed by atoms with E-state index in [1.807, 2.05) is 7.05 Å². The van der Waals surface area contributed by atoms with Crippen LogP contribution in [0.4, 0.5) is 0 Å². The maximum Gasteiger partial charge on any atom is 0.0169 e. The summed E-state index contributed by atoms with van der Waals surface area (Å²) in [6, 6.07) is 1.29. The Labute approximate surface area is 75.5 Å². The minimum absolute atomic E-state index is 0.644. The first-order chi connectivity index (χ1) is 5.72. The molecule has 1 aliphatic rings. The summed E-state index contributed by atoms with van der Waals surface area (Å²) in [5, 5.41) is 6.71. The van der Waals surface area contributed by atoms with Crippen LogP contribution in [0.15, 0.2) is 0 Å². The monoisotopic (exact) mass is 171 g/mol. The number of piperazine rings is 1. The van der Waals surface area contributed by atoms with Gasteiger partial charge < -0.3 is 10.6 Å². The molecule has 1 aliphatic heterocycles. The van der Waals surface area contributed by atoms with Gasteiger partial charge in [0.25, 0.3) is 0 Å². The van der Waals surface area contributed by atoms with Crippen LogP contribution < -0.4 is 10.6 Å². The minimum Gasteiger partial charge on any atom is -0.318 e. The standard InChI is InChI=1S/C9H21N3/c1-8-6-12(5-4-10-3)7-9(2)11-8/h8-11H,4-7H2,1-3H3/t8-,9+. The lowest BCUT2D eigenvalue weighted by molar-refractivity contribution is 0.175. The molecule has 2 N–H and O–H groups in total. The summed E-state index contributed by atoms with van der Waals surface area (Å²) in [5.74, 6) is 0. The van der Waals surface area contributed by atoms with Crippen LogP contribution in [0.2, 0.25) is 0 Å². The first kappa shape index (κ1) is 9.96. The quantitative estimate of drug-likeness (QED) is 0.620. The van der Waals surface area contributed by atoms with Crippen molar-refractivity contribution in [1.29, 1.82) is 0 Å². The van der Waals surface area contributed by atoms with Crippen LogP contribution in [0, 0.1) is 0 Å². The normalized spacial score (nSPS) is 32.2. The van der Waals surface area contributed by atoms with E-state index in [4.69, 9.17) is 0 Å². The number of hydrogen-bond donors (Lipinski definition) is 2. The molecule has 1 saturated heterocycles. The summed E-state index contributed by atoms with van der Waals surface area (Å²) in [4.78, 5) is 2.52. The van der Waals surface area contributed by atoms with Gasteiger partial charge in [0.1, 0.15) is 0 Å². The lowest BCUT2D eigenvalue weighted by atomic mass is 10.1. The maximum atomic E-state index is 3.52. The molecule has 0 amide bonds. The first-order valence-corrected chi connectivity index (χ1v) is 4.85. The summed E-state index contributed by atoms with van der Waals surface area (Å²) in [6.07, 6.45) is 0. The van der Waals surface area contributed by atoms with E-state index in [0.29, 0.717) is 12.1 Å². The molecule has 1 heterocycles. The van der Waals surface area contributed by atoms with Gasteiger partial charge in [0.2, 0.25) is 0 Å². The van der Waals surface area contributed by atoms with Gasteiger partial charge >= 0.3 is 0 Å². The molecule has 0 bridgehead atoms. The average Bonchev–Trinajstić information content (AvgIpc) is 1.99. The molecule has 1 rings (SSSR count). The third-order valence-corrected chi connectivity index (χ3v) is 2.31. The second-order valence-electron chi connectivity index (χ2n) is 3.83. The van der Waals surface area contributed by atoms with Crippen molar-refractivity contribution in [1.82, 2.24) is 15.5 Å². The molecule has 0 radical (unpaired) electrons. The van der Waals surface area contributed by atoms with Gasteiger partial charge in [-0.3, -0.25) is 4.90 Å². The molecule has 0 spiro atoms. The molecule has 0 aromatic carbocycles. The van der Waals surface area contributed by atoms with Gasteiger partial charge in [-0.2, -0.15) is 0 Å². The van der Waals surface area contributed by atoms with Crippen molar-refractivity contribution in [2.45, 2.75) is 25.9 Å². The smallest absolute Gasteiger partial charge is 0.0169 e. The van der Waals surface area contributed by atoms with E-state index in [1.54, 1.807) is 0 Å². The van der Waals surface area contributed by atoms with E-state index in [-0.39, 0.29) is 0 Å². The van der Waals surface area contributed by atoms with Crippen LogP contribution in [0.25, 0.3) is 0 Å². The summed E-state index contributed by atoms with van der Waals surface area (Å²) < 4.78 is 0. The zero-order chi connectivity index (χ0) is 8.97. The van der Waals surface area contributed by atoms with Gasteiger partial charge in [-0.15, -0.1) is 0 Å². The lowest BCUT2D eigenvalue weighted by Gasteiger charge is -2.36. The first-order valence-electron chi connectivity index (χ1n) is 4.85. The number of nitrogens with zero attached hydrogens (tertiary/aromatic N) is 1. The lowest BCUT2D eigenvalue weighted by Crippen LogP contribution is -2.55. The van der Waals surface area contributed by atoms with Gasteiger partial charge in [0.15, 0.2) is 0 Å². The minimum atomic E-state index is 0.644. The van der Waals surface area contributed by atoms with Gasteiger partial charge in [-0.25, -0.2) is 0 Å². The highest BCUT2D eigenvalue weighted by Crippen LogP contribution is 2.02. The molecule has 2 atom stereocenters. The fourth-order valence-electron chi connectivity index (χ4n) is 1.89. The number of hydrogen-bond acceptors (Lipinski definition) is 3. The molecule has 0 aromatic rings. The van der Waals surface area contributed by atoms with Crippen LogP contribution >= 0.6 is 0 Å². The third kappa shape index (κ3) is 3.09. The molecule has 3 heteroatoms. The number of likely N-dealkylation sites (N-methyl/N-ethyl adjacent to an activating group) is 1. The Balaban J connectivity index is 2.24. The summed E-state index contributed by atoms with van der Waals surface area (Å²) >= 11 is 0. The number of nitrogens with one attached hydrogen (secondary N) is 2. The summed E-state index contributed by atoms with van der Waals surface area (Å²) in [6.45, 7) is 9.15. The van der Waals surface area contributed by atoms with Crippen molar-refractivity contribution in [3.63, 3.8) is 0 Å². The Morgan fingerprint density at radius 2 is 1.92 bits per heavy atom. The fraction of sp³-hybridized carbons (Fsp3) is 1.00. The molecular formula is C9H21N3. The van der Waals surface area contributed by atoms with E-state index in [2.05, 4.69) is 29.4 Å². The van der Waals surface area contributed by atoms with E-state index in [1.165, 1.54) is 19.6 Å². The summed E-state index contributed by atoms with van der Waals surface area (Å²) in [5.41, 5.74) is 0. The maximum absolute atomic E-state index is 3.52. The molecular weight excluding hydrogens is 150 g/mol. The van der Waals surface area contributed by atoms with Crippen LogP contribution in [-0.2, 0) is 0 Å². The highest BCUT2D eigenvalue weighted by atomic mass is 15.2. The Morgan fingerprint density at radius 1 is 1.33 bits per heavy atom. The second-order valence-corrected chi connectivity index (χ2v) is 3.83. The predicted octanol–water partition coefficient (Wildman–Crippen LogP) is -0.112. The Hall–Kier alpha value is -0.120. The van der Waals surface area contributed by atoms with Crippen molar-refractivity contribution in [3.8, 4) is 0 Å². The van der Waals surface area contributed by atoms with Crippen LogP contribution in [0.1, 0.15) is 13.8 Å². The molecule has 72 valence electrons. The second kappa shape index (κ2) is 4.80. The van der Waals surface area contributed by atoms with Crippen molar-refractivity contribution >= 4 is 0 Å². The van der Waals surface area contributed by atoms with E-state index in [9.17, 15) is 0 Å². The molecule has 1 fully saturated rings. The molecule has 12 heavy (non-hydrogen) atoms. The highest BCUT2D eigenvalue weighted by molar-refractivity contribution is 4.80. The molecule has 0 saturated carbocycles. The van der Waals surface area contributed by atoms with E-state index < -0.39 is 0 Å². The van der Waals surface area contributed by atoms with Gasteiger partial charge in [-0.05, 0) is 20.9 Å². The number of rotatable bonds is 3. The Kier molecular flexibility index (Phi) is 3.98. The van der Waals surface area contributed by atoms with Gasteiger partial charge in [-0.1, -0.05) is 0 Å². The topological polar surface area (TPSA) is 27.3 Å². The zero-order valence-electron chi connectivity index (χ0n) is 8.43. The highest BCUT2D eigenvalue weighted by Gasteiger charge is 2.19. The van der Waals surface area contributed by atoms with Crippen molar-refractivity contribution in [2.75, 3.05) is 33.2 Å². The van der Waals surface area contributed by atoms with Gasteiger partial charge in [0, 0.05) is 38.3 Å². The fourth-order valence-corrected chi connectivity index (χ4v) is 1.89. The third-order valence-electron chi connectivity index (χ3n) is 2.31. The zero-order valence-corrected chi connectivity index (χ0v) is 8.43. The van der Waals surface area contributed by atoms with Crippen LogP contribution in [0.5, 0.6) is 0 Å².